The fourth-order valence-corrected chi connectivity index (χ4v) is 5.03. The monoisotopic (exact) mass is 262 g/mol. The Morgan fingerprint density at radius 3 is 2.53 bits per heavy atom. The number of methoxy groups -OCH3 is 2. The fraction of sp³-hybridized carbons (Fsp3) is 0.750. The van der Waals surface area contributed by atoms with E-state index in [1.807, 2.05) is 0 Å². The SMILES string of the molecule is COC1(OC)[C@H]2C=C[C@H]1C[C@@]2(O)C1=CC[C@H]2CC[C@@H]12. The van der Waals surface area contributed by atoms with E-state index >= 15 is 0 Å². The molecular formula is C16H22O3. The van der Waals surface area contributed by atoms with Gasteiger partial charge >= 0.3 is 0 Å². The molecule has 0 aromatic heterocycles. The van der Waals surface area contributed by atoms with Gasteiger partial charge in [-0.1, -0.05) is 18.2 Å². The van der Waals surface area contributed by atoms with E-state index in [1.54, 1.807) is 14.2 Å². The van der Waals surface area contributed by atoms with Gasteiger partial charge in [0.2, 0.25) is 0 Å². The third-order valence-electron chi connectivity index (χ3n) is 6.13. The molecule has 4 rings (SSSR count). The van der Waals surface area contributed by atoms with Crippen molar-refractivity contribution in [3.8, 4) is 0 Å². The Morgan fingerprint density at radius 1 is 1.21 bits per heavy atom. The topological polar surface area (TPSA) is 38.7 Å². The predicted octanol–water partition coefficient (Wildman–Crippen LogP) is 2.27. The van der Waals surface area contributed by atoms with Crippen LogP contribution in [-0.2, 0) is 9.47 Å². The summed E-state index contributed by atoms with van der Waals surface area (Å²) in [4.78, 5) is 0. The van der Waals surface area contributed by atoms with Gasteiger partial charge in [0.15, 0.2) is 5.79 Å². The lowest BCUT2D eigenvalue weighted by Gasteiger charge is -2.42. The molecule has 4 aliphatic rings. The van der Waals surface area contributed by atoms with Crippen LogP contribution in [0.1, 0.15) is 25.7 Å². The smallest absolute Gasteiger partial charge is 0.183 e. The second-order valence-corrected chi connectivity index (χ2v) is 6.57. The molecule has 104 valence electrons. The molecule has 0 spiro atoms. The van der Waals surface area contributed by atoms with Crippen LogP contribution in [0.3, 0.4) is 0 Å². The summed E-state index contributed by atoms with van der Waals surface area (Å²) in [6, 6.07) is 0. The molecule has 2 bridgehead atoms. The zero-order chi connectivity index (χ0) is 13.3. The van der Waals surface area contributed by atoms with E-state index in [2.05, 4.69) is 18.2 Å². The molecule has 1 N–H and O–H groups in total. The van der Waals surface area contributed by atoms with Crippen molar-refractivity contribution in [2.45, 2.75) is 37.1 Å². The van der Waals surface area contributed by atoms with Crippen LogP contribution in [0.5, 0.6) is 0 Å². The Morgan fingerprint density at radius 2 is 2.00 bits per heavy atom. The highest BCUT2D eigenvalue weighted by Crippen LogP contribution is 2.62. The fourth-order valence-electron chi connectivity index (χ4n) is 5.03. The van der Waals surface area contributed by atoms with Crippen LogP contribution in [-0.4, -0.2) is 30.7 Å². The van der Waals surface area contributed by atoms with Crippen LogP contribution in [0.15, 0.2) is 23.8 Å². The number of aliphatic hydroxyl groups is 1. The summed E-state index contributed by atoms with van der Waals surface area (Å²) in [5.74, 6) is 0.853. The van der Waals surface area contributed by atoms with Gasteiger partial charge in [-0.15, -0.1) is 0 Å². The zero-order valence-corrected chi connectivity index (χ0v) is 11.6. The molecule has 2 saturated carbocycles. The quantitative estimate of drug-likeness (QED) is 0.626. The van der Waals surface area contributed by atoms with Crippen LogP contribution in [0, 0.1) is 23.7 Å². The maximum absolute atomic E-state index is 11.3. The Hall–Kier alpha value is -0.640. The minimum Gasteiger partial charge on any atom is -0.385 e. The van der Waals surface area contributed by atoms with Crippen molar-refractivity contribution in [2.24, 2.45) is 23.7 Å². The highest BCUT2D eigenvalue weighted by molar-refractivity contribution is 5.39. The van der Waals surface area contributed by atoms with Gasteiger partial charge in [-0.3, -0.25) is 0 Å². The van der Waals surface area contributed by atoms with Gasteiger partial charge in [-0.25, -0.2) is 0 Å². The average molecular weight is 262 g/mol. The van der Waals surface area contributed by atoms with Crippen molar-refractivity contribution in [3.05, 3.63) is 23.8 Å². The molecule has 3 heteroatoms. The molecule has 0 aliphatic heterocycles. The average Bonchev–Trinajstić information content (AvgIpc) is 2.96. The number of ether oxygens (including phenoxy) is 2. The molecular weight excluding hydrogens is 240 g/mol. The third kappa shape index (κ3) is 1.24. The largest absolute Gasteiger partial charge is 0.385 e. The number of allylic oxidation sites excluding steroid dienone is 1. The van der Waals surface area contributed by atoms with E-state index in [9.17, 15) is 5.11 Å². The molecule has 0 radical (unpaired) electrons. The molecule has 4 aliphatic carbocycles. The Bertz CT molecular complexity index is 463. The number of fused-ring (bicyclic) bond motifs is 3. The van der Waals surface area contributed by atoms with E-state index in [-0.39, 0.29) is 11.8 Å². The van der Waals surface area contributed by atoms with Crippen molar-refractivity contribution >= 4 is 0 Å². The third-order valence-corrected chi connectivity index (χ3v) is 6.13. The standard InChI is InChI=1S/C16H22O3/c1-18-16(19-2)11-5-8-14(16)15(17,9-11)13-7-4-10-3-6-12(10)13/h5,7-8,10-12,14,17H,3-4,6,9H2,1-2H3/t10-,11+,12-,14+,15-/m1/s1. The van der Waals surface area contributed by atoms with Gasteiger partial charge in [0.25, 0.3) is 0 Å². The first-order valence-electron chi connectivity index (χ1n) is 7.37. The summed E-state index contributed by atoms with van der Waals surface area (Å²) in [7, 11) is 3.38. The second-order valence-electron chi connectivity index (χ2n) is 6.57. The summed E-state index contributed by atoms with van der Waals surface area (Å²) < 4.78 is 11.4. The van der Waals surface area contributed by atoms with Gasteiger partial charge in [0.05, 0.1) is 11.5 Å². The van der Waals surface area contributed by atoms with E-state index in [4.69, 9.17) is 9.47 Å². The molecule has 3 nitrogen and oxygen atoms in total. The van der Waals surface area contributed by atoms with E-state index in [0.717, 1.165) is 18.8 Å². The van der Waals surface area contributed by atoms with Crippen LogP contribution in [0.25, 0.3) is 0 Å². The van der Waals surface area contributed by atoms with Crippen LogP contribution in [0.4, 0.5) is 0 Å². The Labute approximate surface area is 114 Å². The minimum absolute atomic E-state index is 0.0643. The summed E-state index contributed by atoms with van der Waals surface area (Å²) in [6.45, 7) is 0. The van der Waals surface area contributed by atoms with Crippen molar-refractivity contribution in [3.63, 3.8) is 0 Å². The summed E-state index contributed by atoms with van der Waals surface area (Å²) in [5, 5.41) is 11.3. The van der Waals surface area contributed by atoms with Gasteiger partial charge in [-0.05, 0) is 43.1 Å². The summed E-state index contributed by atoms with van der Waals surface area (Å²) in [6.07, 6.45) is 11.0. The number of rotatable bonds is 3. The van der Waals surface area contributed by atoms with E-state index in [0.29, 0.717) is 5.92 Å². The second kappa shape index (κ2) is 3.72. The highest BCUT2D eigenvalue weighted by atomic mass is 16.7. The first kappa shape index (κ1) is 12.1. The lowest BCUT2D eigenvalue weighted by atomic mass is 9.67. The number of hydrogen-bond donors (Lipinski definition) is 1. The first-order valence-corrected chi connectivity index (χ1v) is 7.37. The Balaban J connectivity index is 1.72. The predicted molar refractivity (Wildman–Crippen MR) is 71.3 cm³/mol. The lowest BCUT2D eigenvalue weighted by molar-refractivity contribution is -0.238. The Kier molecular flexibility index (Phi) is 2.37. The minimum atomic E-state index is -0.745. The summed E-state index contributed by atoms with van der Waals surface area (Å²) >= 11 is 0. The van der Waals surface area contributed by atoms with E-state index in [1.165, 1.54) is 18.4 Å². The lowest BCUT2D eigenvalue weighted by Crippen LogP contribution is -2.47. The molecule has 0 aromatic carbocycles. The van der Waals surface area contributed by atoms with Crippen molar-refractivity contribution in [1.29, 1.82) is 0 Å². The molecule has 0 saturated heterocycles. The van der Waals surface area contributed by atoms with Gasteiger partial charge < -0.3 is 14.6 Å². The van der Waals surface area contributed by atoms with Gasteiger partial charge in [0, 0.05) is 20.1 Å². The molecule has 0 unspecified atom stereocenters. The zero-order valence-electron chi connectivity index (χ0n) is 11.6. The van der Waals surface area contributed by atoms with Crippen molar-refractivity contribution < 1.29 is 14.6 Å². The van der Waals surface area contributed by atoms with Crippen LogP contribution in [0.2, 0.25) is 0 Å². The molecule has 2 fully saturated rings. The van der Waals surface area contributed by atoms with Crippen LogP contribution < -0.4 is 0 Å². The van der Waals surface area contributed by atoms with Gasteiger partial charge in [0.1, 0.15) is 0 Å². The van der Waals surface area contributed by atoms with Gasteiger partial charge in [-0.2, -0.15) is 0 Å². The highest BCUT2D eigenvalue weighted by Gasteiger charge is 2.67. The normalized spacial score (nSPS) is 49.1. The summed E-state index contributed by atoms with van der Waals surface area (Å²) in [5.41, 5.74) is 0.532. The maximum atomic E-state index is 11.3. The first-order chi connectivity index (χ1) is 9.15. The molecule has 0 heterocycles. The molecule has 0 aromatic rings. The number of hydrogen-bond acceptors (Lipinski definition) is 3. The van der Waals surface area contributed by atoms with Crippen molar-refractivity contribution in [2.75, 3.05) is 14.2 Å². The molecule has 19 heavy (non-hydrogen) atoms. The van der Waals surface area contributed by atoms with Crippen molar-refractivity contribution in [1.82, 2.24) is 0 Å². The molecule has 5 atom stereocenters. The molecule has 0 amide bonds. The maximum Gasteiger partial charge on any atom is 0.183 e. The van der Waals surface area contributed by atoms with Crippen LogP contribution >= 0.6 is 0 Å². The van der Waals surface area contributed by atoms with E-state index < -0.39 is 11.4 Å².